The molecule has 0 saturated carbocycles. The summed E-state index contributed by atoms with van der Waals surface area (Å²) in [5.74, 6) is -0.758. The molecular weight excluding hydrogens is 326 g/mol. The van der Waals surface area contributed by atoms with Gasteiger partial charge in [-0.15, -0.1) is 0 Å². The van der Waals surface area contributed by atoms with Crippen LogP contribution in [-0.2, 0) is 14.3 Å². The van der Waals surface area contributed by atoms with Gasteiger partial charge in [-0.2, -0.15) is 0 Å². The summed E-state index contributed by atoms with van der Waals surface area (Å²) >= 11 is 0. The molecule has 1 aromatic rings. The summed E-state index contributed by atoms with van der Waals surface area (Å²) in [4.78, 5) is 25.9. The number of hydrogen-bond donors (Lipinski definition) is 1. The lowest BCUT2D eigenvalue weighted by Gasteiger charge is -2.29. The number of carboxylic acid groups (broad SMARTS) is 1. The van der Waals surface area contributed by atoms with Crippen LogP contribution in [0.4, 0.5) is 0 Å². The number of fused-ring (bicyclic) bond motifs is 1. The van der Waals surface area contributed by atoms with Gasteiger partial charge in [-0.05, 0) is 12.5 Å². The summed E-state index contributed by atoms with van der Waals surface area (Å²) in [5.41, 5.74) is 0.704. The van der Waals surface area contributed by atoms with Crippen LogP contribution >= 0.6 is 0 Å². The highest BCUT2D eigenvalue weighted by Crippen LogP contribution is 2.45. The number of para-hydroxylation sites is 1. The number of carboxylic acids is 1. The Morgan fingerprint density at radius 1 is 1.36 bits per heavy atom. The van der Waals surface area contributed by atoms with Gasteiger partial charge in [0, 0.05) is 38.7 Å². The molecule has 25 heavy (non-hydrogen) atoms. The van der Waals surface area contributed by atoms with E-state index in [-0.39, 0.29) is 12.3 Å². The lowest BCUT2D eigenvalue weighted by molar-refractivity contribution is -0.142. The maximum atomic E-state index is 12.5. The average molecular weight is 349 g/mol. The summed E-state index contributed by atoms with van der Waals surface area (Å²) < 4.78 is 16.6. The Hall–Kier alpha value is -2.28. The predicted octanol–water partition coefficient (Wildman–Crippen LogP) is 1.86. The van der Waals surface area contributed by atoms with E-state index in [0.29, 0.717) is 49.8 Å². The lowest BCUT2D eigenvalue weighted by atomic mass is 9.92. The van der Waals surface area contributed by atoms with Gasteiger partial charge >= 0.3 is 5.97 Å². The van der Waals surface area contributed by atoms with Crippen LogP contribution in [0.25, 0.3) is 0 Å². The summed E-state index contributed by atoms with van der Waals surface area (Å²) in [6.45, 7) is 2.03. The van der Waals surface area contributed by atoms with Crippen molar-refractivity contribution in [2.75, 3.05) is 33.5 Å². The summed E-state index contributed by atoms with van der Waals surface area (Å²) in [6.07, 6.45) is 1.41. The van der Waals surface area contributed by atoms with E-state index in [1.54, 1.807) is 12.0 Å². The van der Waals surface area contributed by atoms with Crippen molar-refractivity contribution in [3.63, 3.8) is 0 Å². The molecule has 0 aromatic heterocycles. The van der Waals surface area contributed by atoms with Crippen molar-refractivity contribution in [3.8, 4) is 11.5 Å². The first-order valence-corrected chi connectivity index (χ1v) is 8.53. The number of carbonyl (C=O) groups is 2. The number of nitrogens with zero attached hydrogens (tertiary/aromatic N) is 1. The third kappa shape index (κ3) is 3.56. The van der Waals surface area contributed by atoms with Crippen LogP contribution in [0.5, 0.6) is 11.5 Å². The third-order valence-corrected chi connectivity index (χ3v) is 4.62. The maximum Gasteiger partial charge on any atom is 0.309 e. The highest BCUT2D eigenvalue weighted by Gasteiger charge is 2.46. The summed E-state index contributed by atoms with van der Waals surface area (Å²) in [5, 5.41) is 9.64. The van der Waals surface area contributed by atoms with E-state index in [9.17, 15) is 14.7 Å². The van der Waals surface area contributed by atoms with E-state index in [1.165, 1.54) is 0 Å². The molecule has 1 N–H and O–H groups in total. The fraction of sp³-hybridized carbons (Fsp3) is 0.556. The smallest absolute Gasteiger partial charge is 0.309 e. The zero-order valence-electron chi connectivity index (χ0n) is 14.3. The Bertz CT molecular complexity index is 646. The molecule has 2 aliphatic heterocycles. The van der Waals surface area contributed by atoms with Crippen molar-refractivity contribution >= 4 is 11.9 Å². The third-order valence-electron chi connectivity index (χ3n) is 4.62. The Kier molecular flexibility index (Phi) is 5.43. The van der Waals surface area contributed by atoms with E-state index in [0.717, 1.165) is 6.42 Å². The minimum absolute atomic E-state index is 0.00247. The van der Waals surface area contributed by atoms with Crippen molar-refractivity contribution in [1.82, 2.24) is 4.90 Å². The Labute approximate surface area is 146 Å². The Morgan fingerprint density at radius 3 is 2.92 bits per heavy atom. The number of benzene rings is 1. The highest BCUT2D eigenvalue weighted by molar-refractivity contribution is 5.87. The molecule has 0 spiro atoms. The summed E-state index contributed by atoms with van der Waals surface area (Å²) in [7, 11) is 1.60. The van der Waals surface area contributed by atoms with Crippen LogP contribution in [0.2, 0.25) is 0 Å². The van der Waals surface area contributed by atoms with Crippen molar-refractivity contribution in [2.45, 2.75) is 25.3 Å². The molecule has 0 aliphatic carbocycles. The molecule has 2 aliphatic rings. The van der Waals surface area contributed by atoms with Gasteiger partial charge in [-0.25, -0.2) is 0 Å². The van der Waals surface area contributed by atoms with E-state index in [4.69, 9.17) is 14.2 Å². The van der Waals surface area contributed by atoms with E-state index in [2.05, 4.69) is 0 Å². The van der Waals surface area contributed by atoms with Gasteiger partial charge in [0.15, 0.2) is 11.5 Å². The van der Waals surface area contributed by atoms with Crippen molar-refractivity contribution < 1.29 is 28.9 Å². The standard InChI is InChI=1S/C18H23NO6/c1-23-8-3-7-19-15(20)11-13(18(21)22)16(19)12-5-2-6-14-17(12)25-10-4-9-24-14/h2,5-6,13,16H,3-4,7-11H2,1H3,(H,21,22)/t13-,16+/m1/s1. The molecule has 2 atom stereocenters. The van der Waals surface area contributed by atoms with Crippen LogP contribution in [0.15, 0.2) is 18.2 Å². The van der Waals surface area contributed by atoms with Crippen molar-refractivity contribution in [3.05, 3.63) is 23.8 Å². The molecule has 7 nitrogen and oxygen atoms in total. The number of aliphatic carboxylic acids is 1. The van der Waals surface area contributed by atoms with Crippen LogP contribution in [-0.4, -0.2) is 55.4 Å². The maximum absolute atomic E-state index is 12.5. The Morgan fingerprint density at radius 2 is 2.16 bits per heavy atom. The second-order valence-electron chi connectivity index (χ2n) is 6.25. The van der Waals surface area contributed by atoms with E-state index in [1.807, 2.05) is 18.2 Å². The molecule has 0 radical (unpaired) electrons. The molecule has 7 heteroatoms. The molecule has 1 fully saturated rings. The van der Waals surface area contributed by atoms with E-state index >= 15 is 0 Å². The van der Waals surface area contributed by atoms with Gasteiger partial charge in [0.05, 0.1) is 25.2 Å². The first-order chi connectivity index (χ1) is 12.1. The zero-order valence-corrected chi connectivity index (χ0v) is 14.3. The number of ether oxygens (including phenoxy) is 3. The molecule has 2 heterocycles. The van der Waals surface area contributed by atoms with E-state index < -0.39 is 17.9 Å². The number of methoxy groups -OCH3 is 1. The van der Waals surface area contributed by atoms with Crippen LogP contribution in [0, 0.1) is 5.92 Å². The molecule has 136 valence electrons. The first-order valence-electron chi connectivity index (χ1n) is 8.53. The second-order valence-corrected chi connectivity index (χ2v) is 6.25. The zero-order chi connectivity index (χ0) is 17.8. The molecule has 3 rings (SSSR count). The number of likely N-dealkylation sites (tertiary alicyclic amines) is 1. The number of rotatable bonds is 6. The summed E-state index contributed by atoms with van der Waals surface area (Å²) in [6, 6.07) is 4.90. The predicted molar refractivity (Wildman–Crippen MR) is 88.7 cm³/mol. The van der Waals surface area contributed by atoms with Gasteiger partial charge in [0.25, 0.3) is 0 Å². The molecule has 0 bridgehead atoms. The second kappa shape index (κ2) is 7.74. The topological polar surface area (TPSA) is 85.3 Å². The molecule has 1 aromatic carbocycles. The van der Waals surface area contributed by atoms with Crippen molar-refractivity contribution in [2.24, 2.45) is 5.92 Å². The van der Waals surface area contributed by atoms with Gasteiger partial charge in [-0.1, -0.05) is 12.1 Å². The molecular formula is C18H23NO6. The molecule has 0 unspecified atom stereocenters. The Balaban J connectivity index is 1.98. The lowest BCUT2D eigenvalue weighted by Crippen LogP contribution is -2.32. The van der Waals surface area contributed by atoms with Crippen LogP contribution < -0.4 is 9.47 Å². The fourth-order valence-electron chi connectivity index (χ4n) is 3.49. The number of amides is 1. The number of hydrogen-bond acceptors (Lipinski definition) is 5. The molecule has 1 saturated heterocycles. The van der Waals surface area contributed by atoms with Crippen molar-refractivity contribution in [1.29, 1.82) is 0 Å². The minimum atomic E-state index is -0.972. The largest absolute Gasteiger partial charge is 0.490 e. The fourth-order valence-corrected chi connectivity index (χ4v) is 3.49. The van der Waals surface area contributed by atoms with Gasteiger partial charge in [-0.3, -0.25) is 9.59 Å². The highest BCUT2D eigenvalue weighted by atomic mass is 16.5. The van der Waals surface area contributed by atoms with Gasteiger partial charge < -0.3 is 24.2 Å². The normalized spacial score (nSPS) is 22.8. The van der Waals surface area contributed by atoms with Crippen LogP contribution in [0.1, 0.15) is 30.9 Å². The number of carbonyl (C=O) groups excluding carboxylic acids is 1. The monoisotopic (exact) mass is 349 g/mol. The van der Waals surface area contributed by atoms with Gasteiger partial charge in [0.2, 0.25) is 5.91 Å². The SMILES string of the molecule is COCCCN1C(=O)C[C@@H](C(=O)O)[C@@H]1c1cccc2c1OCCCO2. The van der Waals surface area contributed by atoms with Gasteiger partial charge in [0.1, 0.15) is 0 Å². The van der Waals surface area contributed by atoms with Crippen LogP contribution in [0.3, 0.4) is 0 Å². The average Bonchev–Trinajstić information content (AvgIpc) is 2.77. The minimum Gasteiger partial charge on any atom is -0.490 e. The first kappa shape index (κ1) is 17.5. The molecule has 1 amide bonds. The quantitative estimate of drug-likeness (QED) is 0.789.